The minimum atomic E-state index is -0.0999. The van der Waals surface area contributed by atoms with Crippen molar-refractivity contribution in [3.05, 3.63) is 29.8 Å². The molecule has 1 saturated heterocycles. The molecule has 5 heteroatoms. The average Bonchev–Trinajstić information content (AvgIpc) is 2.99. The van der Waals surface area contributed by atoms with Gasteiger partial charge in [0.05, 0.1) is 11.3 Å². The van der Waals surface area contributed by atoms with Gasteiger partial charge in [-0.15, -0.1) is 0 Å². The van der Waals surface area contributed by atoms with E-state index in [4.69, 9.17) is 5.73 Å². The normalized spacial score (nSPS) is 14.3. The highest BCUT2D eigenvalue weighted by atomic mass is 16.2. The van der Waals surface area contributed by atoms with Gasteiger partial charge in [-0.05, 0) is 37.9 Å². The first-order valence-corrected chi connectivity index (χ1v) is 7.10. The van der Waals surface area contributed by atoms with Crippen LogP contribution in [0.3, 0.4) is 0 Å². The Morgan fingerprint density at radius 3 is 2.60 bits per heavy atom. The lowest BCUT2D eigenvalue weighted by Crippen LogP contribution is -2.28. The van der Waals surface area contributed by atoms with Gasteiger partial charge in [-0.25, -0.2) is 0 Å². The summed E-state index contributed by atoms with van der Waals surface area (Å²) in [5.41, 5.74) is 6.54. The van der Waals surface area contributed by atoms with Gasteiger partial charge in [-0.1, -0.05) is 12.1 Å². The number of amides is 2. The Balaban J connectivity index is 2.09. The zero-order chi connectivity index (χ0) is 14.4. The van der Waals surface area contributed by atoms with Crippen molar-refractivity contribution in [2.45, 2.75) is 25.7 Å². The smallest absolute Gasteiger partial charge is 0.255 e. The van der Waals surface area contributed by atoms with E-state index in [1.165, 1.54) is 0 Å². The van der Waals surface area contributed by atoms with Crippen molar-refractivity contribution in [1.82, 2.24) is 4.90 Å². The van der Waals surface area contributed by atoms with Crippen molar-refractivity contribution in [1.29, 1.82) is 0 Å². The molecule has 0 bridgehead atoms. The number of hydrogen-bond donors (Lipinski definition) is 2. The molecular weight excluding hydrogens is 254 g/mol. The van der Waals surface area contributed by atoms with Gasteiger partial charge < -0.3 is 16.0 Å². The topological polar surface area (TPSA) is 75.4 Å². The van der Waals surface area contributed by atoms with Crippen LogP contribution in [0.15, 0.2) is 24.3 Å². The standard InChI is InChI=1S/C15H21N3O2/c16-9-5-8-14(19)17-13-7-2-1-6-12(13)15(20)18-10-3-4-11-18/h1-2,6-7H,3-5,8-11,16H2,(H,17,19). The fourth-order valence-corrected chi connectivity index (χ4v) is 2.34. The van der Waals surface area contributed by atoms with E-state index in [0.29, 0.717) is 30.6 Å². The van der Waals surface area contributed by atoms with Crippen LogP contribution >= 0.6 is 0 Å². The minimum Gasteiger partial charge on any atom is -0.339 e. The maximum atomic E-state index is 12.4. The maximum Gasteiger partial charge on any atom is 0.255 e. The Morgan fingerprint density at radius 2 is 1.90 bits per heavy atom. The predicted molar refractivity (Wildman–Crippen MR) is 78.5 cm³/mol. The molecule has 0 unspecified atom stereocenters. The van der Waals surface area contributed by atoms with Crippen LogP contribution in [0.2, 0.25) is 0 Å². The van der Waals surface area contributed by atoms with Crippen LogP contribution in [0, 0.1) is 0 Å². The Morgan fingerprint density at radius 1 is 1.20 bits per heavy atom. The Hall–Kier alpha value is -1.88. The second kappa shape index (κ2) is 7.05. The molecule has 1 aromatic rings. The van der Waals surface area contributed by atoms with Crippen LogP contribution in [0.5, 0.6) is 0 Å². The van der Waals surface area contributed by atoms with Gasteiger partial charge in [-0.2, -0.15) is 0 Å². The number of carbonyl (C=O) groups is 2. The van der Waals surface area contributed by atoms with Crippen LogP contribution in [0.1, 0.15) is 36.0 Å². The van der Waals surface area contributed by atoms with E-state index >= 15 is 0 Å². The monoisotopic (exact) mass is 275 g/mol. The van der Waals surface area contributed by atoms with E-state index < -0.39 is 0 Å². The number of nitrogens with two attached hydrogens (primary N) is 1. The van der Waals surface area contributed by atoms with Gasteiger partial charge in [0.15, 0.2) is 0 Å². The van der Waals surface area contributed by atoms with Crippen LogP contribution in [-0.2, 0) is 4.79 Å². The van der Waals surface area contributed by atoms with E-state index in [1.807, 2.05) is 17.0 Å². The summed E-state index contributed by atoms with van der Waals surface area (Å²) in [5, 5.41) is 2.81. The fourth-order valence-electron chi connectivity index (χ4n) is 2.34. The quantitative estimate of drug-likeness (QED) is 0.857. The maximum absolute atomic E-state index is 12.4. The third-order valence-corrected chi connectivity index (χ3v) is 3.43. The lowest BCUT2D eigenvalue weighted by Gasteiger charge is -2.17. The first-order valence-electron chi connectivity index (χ1n) is 7.10. The summed E-state index contributed by atoms with van der Waals surface area (Å²) in [6.45, 7) is 2.09. The SMILES string of the molecule is NCCCC(=O)Nc1ccccc1C(=O)N1CCCC1. The van der Waals surface area contributed by atoms with E-state index in [-0.39, 0.29) is 11.8 Å². The summed E-state index contributed by atoms with van der Waals surface area (Å²) in [6.07, 6.45) is 3.13. The predicted octanol–water partition coefficient (Wildman–Crippen LogP) is 1.60. The highest BCUT2D eigenvalue weighted by molar-refractivity contribution is 6.03. The van der Waals surface area contributed by atoms with Crippen molar-refractivity contribution < 1.29 is 9.59 Å². The molecule has 2 amide bonds. The van der Waals surface area contributed by atoms with E-state index in [2.05, 4.69) is 5.32 Å². The third kappa shape index (κ3) is 3.57. The van der Waals surface area contributed by atoms with Crippen molar-refractivity contribution in [3.63, 3.8) is 0 Å². The molecule has 108 valence electrons. The largest absolute Gasteiger partial charge is 0.339 e. The lowest BCUT2D eigenvalue weighted by molar-refractivity contribution is -0.116. The molecule has 0 spiro atoms. The van der Waals surface area contributed by atoms with Crippen LogP contribution < -0.4 is 11.1 Å². The fraction of sp³-hybridized carbons (Fsp3) is 0.467. The highest BCUT2D eigenvalue weighted by Gasteiger charge is 2.22. The number of nitrogens with zero attached hydrogens (tertiary/aromatic N) is 1. The van der Waals surface area contributed by atoms with Crippen LogP contribution in [-0.4, -0.2) is 36.3 Å². The number of anilines is 1. The van der Waals surface area contributed by atoms with Gasteiger partial charge >= 0.3 is 0 Å². The second-order valence-electron chi connectivity index (χ2n) is 4.99. The molecule has 2 rings (SSSR count). The number of benzene rings is 1. The summed E-state index contributed by atoms with van der Waals surface area (Å²) in [5.74, 6) is -0.102. The summed E-state index contributed by atoms with van der Waals surface area (Å²) >= 11 is 0. The number of nitrogens with one attached hydrogen (secondary N) is 1. The van der Waals surface area contributed by atoms with E-state index in [1.54, 1.807) is 12.1 Å². The van der Waals surface area contributed by atoms with Crippen LogP contribution in [0.4, 0.5) is 5.69 Å². The van der Waals surface area contributed by atoms with Crippen molar-refractivity contribution >= 4 is 17.5 Å². The zero-order valence-electron chi connectivity index (χ0n) is 11.6. The molecule has 1 aliphatic heterocycles. The summed E-state index contributed by atoms with van der Waals surface area (Å²) in [7, 11) is 0. The highest BCUT2D eigenvalue weighted by Crippen LogP contribution is 2.20. The average molecular weight is 275 g/mol. The molecule has 1 fully saturated rings. The lowest BCUT2D eigenvalue weighted by atomic mass is 10.1. The number of likely N-dealkylation sites (tertiary alicyclic amines) is 1. The van der Waals surface area contributed by atoms with Crippen LogP contribution in [0.25, 0.3) is 0 Å². The van der Waals surface area contributed by atoms with Crippen molar-refractivity contribution in [2.24, 2.45) is 5.73 Å². The molecule has 1 aromatic carbocycles. The van der Waals surface area contributed by atoms with E-state index in [0.717, 1.165) is 25.9 Å². The number of hydrogen-bond acceptors (Lipinski definition) is 3. The minimum absolute atomic E-state index is 0.00257. The molecule has 3 N–H and O–H groups in total. The number of rotatable bonds is 5. The Kier molecular flexibility index (Phi) is 5.12. The molecule has 1 aliphatic rings. The Labute approximate surface area is 119 Å². The second-order valence-corrected chi connectivity index (χ2v) is 4.99. The van der Waals surface area contributed by atoms with Crippen molar-refractivity contribution in [2.75, 3.05) is 25.0 Å². The van der Waals surface area contributed by atoms with Gasteiger partial charge in [0, 0.05) is 19.5 Å². The molecule has 0 radical (unpaired) electrons. The van der Waals surface area contributed by atoms with Gasteiger partial charge in [0.25, 0.3) is 5.91 Å². The summed E-state index contributed by atoms with van der Waals surface area (Å²) in [4.78, 5) is 26.0. The van der Waals surface area contributed by atoms with E-state index in [9.17, 15) is 9.59 Å². The van der Waals surface area contributed by atoms with Gasteiger partial charge in [0.1, 0.15) is 0 Å². The number of carbonyl (C=O) groups excluding carboxylic acids is 2. The number of para-hydroxylation sites is 1. The first-order chi connectivity index (χ1) is 9.72. The van der Waals surface area contributed by atoms with Gasteiger partial charge in [0.2, 0.25) is 5.91 Å². The first kappa shape index (κ1) is 14.5. The molecule has 0 aromatic heterocycles. The zero-order valence-corrected chi connectivity index (χ0v) is 11.6. The molecule has 20 heavy (non-hydrogen) atoms. The molecule has 1 heterocycles. The molecule has 0 atom stereocenters. The summed E-state index contributed by atoms with van der Waals surface area (Å²) < 4.78 is 0. The molecular formula is C15H21N3O2. The molecule has 0 saturated carbocycles. The molecule has 5 nitrogen and oxygen atoms in total. The van der Waals surface area contributed by atoms with Gasteiger partial charge in [-0.3, -0.25) is 9.59 Å². The van der Waals surface area contributed by atoms with Crippen molar-refractivity contribution in [3.8, 4) is 0 Å². The summed E-state index contributed by atoms with van der Waals surface area (Å²) in [6, 6.07) is 7.17. The Bertz CT molecular complexity index is 482. The third-order valence-electron chi connectivity index (χ3n) is 3.43. The molecule has 0 aliphatic carbocycles.